The van der Waals surface area contributed by atoms with E-state index < -0.39 is 52.6 Å². The van der Waals surface area contributed by atoms with E-state index in [1.165, 1.54) is 0 Å². The molecule has 9 heteroatoms. The Labute approximate surface area is 173 Å². The predicted molar refractivity (Wildman–Crippen MR) is 100 cm³/mol. The van der Waals surface area contributed by atoms with Gasteiger partial charge in [-0.1, -0.05) is 21.9 Å². The number of rotatable bonds is 6. The standard InChI is InChI=1S/C19H27BrO8/c1-7-9-23-19(14(20)16(21)22-8-2)15-13(26-18(5,6)28-15)12(27-19)11-10-24-17(3,4)25-11/h1,11-15H,8-10H2,2-6H3/t11-,12-,13-,14?,15-,19-/m1/s1. The van der Waals surface area contributed by atoms with Gasteiger partial charge in [0.1, 0.15) is 31.0 Å². The van der Waals surface area contributed by atoms with E-state index >= 15 is 0 Å². The first-order valence-corrected chi connectivity index (χ1v) is 10.2. The van der Waals surface area contributed by atoms with Crippen molar-refractivity contribution in [2.45, 2.75) is 81.2 Å². The predicted octanol–water partition coefficient (Wildman–Crippen LogP) is 1.73. The van der Waals surface area contributed by atoms with Gasteiger partial charge in [0, 0.05) is 0 Å². The number of ether oxygens (including phenoxy) is 7. The lowest BCUT2D eigenvalue weighted by atomic mass is 10.00. The summed E-state index contributed by atoms with van der Waals surface area (Å²) in [5, 5.41) is 0. The molecule has 0 bridgehead atoms. The van der Waals surface area contributed by atoms with E-state index in [1.807, 2.05) is 13.8 Å². The maximum Gasteiger partial charge on any atom is 0.325 e. The Morgan fingerprint density at radius 2 is 1.89 bits per heavy atom. The minimum absolute atomic E-state index is 0.0885. The lowest BCUT2D eigenvalue weighted by Gasteiger charge is -2.37. The molecule has 0 amide bonds. The van der Waals surface area contributed by atoms with Crippen LogP contribution in [0.5, 0.6) is 0 Å². The second-order valence-corrected chi connectivity index (χ2v) is 8.71. The molecule has 8 nitrogen and oxygen atoms in total. The number of hydrogen-bond acceptors (Lipinski definition) is 8. The van der Waals surface area contributed by atoms with Crippen molar-refractivity contribution in [2.24, 2.45) is 0 Å². The van der Waals surface area contributed by atoms with Crippen molar-refractivity contribution in [3.05, 3.63) is 0 Å². The molecule has 158 valence electrons. The molecule has 0 N–H and O–H groups in total. The number of carbonyl (C=O) groups is 1. The normalized spacial score (nSPS) is 39.3. The molecule has 0 spiro atoms. The highest BCUT2D eigenvalue weighted by Gasteiger charge is 2.69. The molecular formula is C19H27BrO8. The van der Waals surface area contributed by atoms with E-state index in [0.29, 0.717) is 6.61 Å². The number of alkyl halides is 1. The Morgan fingerprint density at radius 1 is 1.18 bits per heavy atom. The monoisotopic (exact) mass is 462 g/mol. The summed E-state index contributed by atoms with van der Waals surface area (Å²) in [6.45, 7) is 9.37. The summed E-state index contributed by atoms with van der Waals surface area (Å²) in [6, 6.07) is 0. The average molecular weight is 463 g/mol. The lowest BCUT2D eigenvalue weighted by Crippen LogP contribution is -2.55. The number of hydrogen-bond donors (Lipinski definition) is 0. The van der Waals surface area contributed by atoms with E-state index in [1.54, 1.807) is 20.8 Å². The van der Waals surface area contributed by atoms with Crippen molar-refractivity contribution in [2.75, 3.05) is 19.8 Å². The van der Waals surface area contributed by atoms with Crippen LogP contribution in [0, 0.1) is 12.3 Å². The molecule has 28 heavy (non-hydrogen) atoms. The summed E-state index contributed by atoms with van der Waals surface area (Å²) in [6.07, 6.45) is 3.09. The second-order valence-electron chi connectivity index (χ2n) is 7.80. The summed E-state index contributed by atoms with van der Waals surface area (Å²) in [5.74, 6) is -1.33. The van der Waals surface area contributed by atoms with Crippen molar-refractivity contribution in [3.8, 4) is 12.3 Å². The van der Waals surface area contributed by atoms with Gasteiger partial charge in [-0.25, -0.2) is 0 Å². The van der Waals surface area contributed by atoms with Gasteiger partial charge in [-0.15, -0.1) is 6.42 Å². The topological polar surface area (TPSA) is 81.7 Å². The highest BCUT2D eigenvalue weighted by molar-refractivity contribution is 9.10. The minimum atomic E-state index is -1.54. The Hall–Kier alpha value is -0.730. The number of fused-ring (bicyclic) bond motifs is 1. The zero-order chi connectivity index (χ0) is 20.7. The van der Waals surface area contributed by atoms with Crippen LogP contribution in [0.3, 0.4) is 0 Å². The third kappa shape index (κ3) is 3.97. The molecular weight excluding hydrogens is 436 g/mol. The molecule has 3 heterocycles. The fourth-order valence-electron chi connectivity index (χ4n) is 3.78. The first kappa shape index (κ1) is 22.0. The number of esters is 1. The van der Waals surface area contributed by atoms with Crippen LogP contribution in [0.4, 0.5) is 0 Å². The summed E-state index contributed by atoms with van der Waals surface area (Å²) < 4.78 is 41.3. The fraction of sp³-hybridized carbons (Fsp3) is 0.842. The molecule has 0 aromatic carbocycles. The highest BCUT2D eigenvalue weighted by Crippen LogP contribution is 2.50. The van der Waals surface area contributed by atoms with Crippen molar-refractivity contribution < 1.29 is 38.0 Å². The summed E-state index contributed by atoms with van der Waals surface area (Å²) in [4.78, 5) is 11.6. The second kappa shape index (κ2) is 7.84. The van der Waals surface area contributed by atoms with Crippen LogP contribution in [-0.4, -0.2) is 72.4 Å². The van der Waals surface area contributed by atoms with Gasteiger partial charge >= 0.3 is 5.97 Å². The van der Waals surface area contributed by atoms with Gasteiger partial charge in [0.25, 0.3) is 0 Å². The maximum absolute atomic E-state index is 12.5. The Bertz CT molecular complexity index is 644. The van der Waals surface area contributed by atoms with Gasteiger partial charge in [-0.05, 0) is 34.6 Å². The van der Waals surface area contributed by atoms with E-state index in [0.717, 1.165) is 0 Å². The molecule has 0 saturated carbocycles. The lowest BCUT2D eigenvalue weighted by molar-refractivity contribution is -0.296. The Balaban J connectivity index is 1.96. The van der Waals surface area contributed by atoms with Crippen molar-refractivity contribution in [1.82, 2.24) is 0 Å². The highest BCUT2D eigenvalue weighted by atomic mass is 79.9. The quantitative estimate of drug-likeness (QED) is 0.335. The molecule has 3 fully saturated rings. The molecule has 3 aliphatic heterocycles. The number of halogens is 1. The Morgan fingerprint density at radius 3 is 2.46 bits per heavy atom. The van der Waals surface area contributed by atoms with E-state index in [4.69, 9.17) is 39.6 Å². The first-order chi connectivity index (χ1) is 13.1. The van der Waals surface area contributed by atoms with Gasteiger partial charge in [0.2, 0.25) is 5.79 Å². The smallest absolute Gasteiger partial charge is 0.325 e. The van der Waals surface area contributed by atoms with Gasteiger partial charge in [0.15, 0.2) is 16.4 Å². The molecule has 0 radical (unpaired) electrons. The van der Waals surface area contributed by atoms with Crippen molar-refractivity contribution in [1.29, 1.82) is 0 Å². The van der Waals surface area contributed by atoms with E-state index in [9.17, 15) is 4.79 Å². The largest absolute Gasteiger partial charge is 0.465 e. The molecule has 6 atom stereocenters. The molecule has 1 unspecified atom stereocenters. The van der Waals surface area contributed by atoms with Crippen LogP contribution in [0.15, 0.2) is 0 Å². The Kier molecular flexibility index (Phi) is 6.15. The zero-order valence-electron chi connectivity index (χ0n) is 16.7. The number of terminal acetylenes is 1. The van der Waals surface area contributed by atoms with Crippen LogP contribution in [-0.2, 0) is 38.0 Å². The molecule has 0 aromatic heterocycles. The molecule has 0 aliphatic carbocycles. The van der Waals surface area contributed by atoms with Gasteiger partial charge in [-0.3, -0.25) is 4.79 Å². The van der Waals surface area contributed by atoms with Crippen LogP contribution >= 0.6 is 15.9 Å². The summed E-state index contributed by atoms with van der Waals surface area (Å²) in [5.41, 5.74) is 0. The summed E-state index contributed by atoms with van der Waals surface area (Å²) >= 11 is 3.39. The molecule has 0 aromatic rings. The third-order valence-electron chi connectivity index (χ3n) is 4.79. The maximum atomic E-state index is 12.5. The molecule has 3 rings (SSSR count). The summed E-state index contributed by atoms with van der Waals surface area (Å²) in [7, 11) is 0. The number of carbonyl (C=O) groups excluding carboxylic acids is 1. The SMILES string of the molecule is C#CCO[C@]1(C(Br)C(=O)OCC)O[C@H]([C@H]2COC(C)(C)O2)[C@H]2OC(C)(C)O[C@H]21. The fourth-order valence-corrected chi connectivity index (χ4v) is 4.41. The zero-order valence-corrected chi connectivity index (χ0v) is 18.3. The average Bonchev–Trinajstić information content (AvgIpc) is 3.22. The van der Waals surface area contributed by atoms with Gasteiger partial charge in [0.05, 0.1) is 13.2 Å². The minimum Gasteiger partial charge on any atom is -0.465 e. The van der Waals surface area contributed by atoms with Crippen molar-refractivity contribution >= 4 is 21.9 Å². The third-order valence-corrected chi connectivity index (χ3v) is 5.81. The van der Waals surface area contributed by atoms with Crippen LogP contribution in [0.25, 0.3) is 0 Å². The molecule has 3 aliphatic rings. The van der Waals surface area contributed by atoms with Gasteiger partial charge < -0.3 is 33.2 Å². The molecule has 3 saturated heterocycles. The van der Waals surface area contributed by atoms with Crippen LogP contribution < -0.4 is 0 Å². The van der Waals surface area contributed by atoms with Crippen LogP contribution in [0.2, 0.25) is 0 Å². The first-order valence-electron chi connectivity index (χ1n) is 9.28. The van der Waals surface area contributed by atoms with Gasteiger partial charge in [-0.2, -0.15) is 0 Å². The van der Waals surface area contributed by atoms with Crippen molar-refractivity contribution in [3.63, 3.8) is 0 Å². The van der Waals surface area contributed by atoms with E-state index in [2.05, 4.69) is 21.9 Å². The van der Waals surface area contributed by atoms with Crippen LogP contribution in [0.1, 0.15) is 34.6 Å². The van der Waals surface area contributed by atoms with E-state index in [-0.39, 0.29) is 13.2 Å².